The molecule has 1 saturated heterocycles. The van der Waals surface area contributed by atoms with Crippen LogP contribution in [0.4, 0.5) is 4.79 Å². The standard InChI is InChI=1S/C18H21ClN2O6/c1-5-26-14(23)8-27-17-12(6-11(19)7-13(17)25-4)16-15(10(3)22)9(2)20-18(24)21-16/h6-7,15-16H,2,5,8H2,1,3-4H3,(H2,20,21,24)/t15-,16-/m1/s1. The molecule has 1 heterocycles. The van der Waals surface area contributed by atoms with Crippen LogP contribution in [0.15, 0.2) is 24.4 Å². The lowest BCUT2D eigenvalue weighted by Crippen LogP contribution is -2.50. The number of urea groups is 1. The van der Waals surface area contributed by atoms with Crippen LogP contribution >= 0.6 is 11.6 Å². The van der Waals surface area contributed by atoms with Crippen molar-refractivity contribution < 1.29 is 28.6 Å². The maximum absolute atomic E-state index is 12.2. The van der Waals surface area contributed by atoms with Gasteiger partial charge in [0.2, 0.25) is 0 Å². The van der Waals surface area contributed by atoms with Gasteiger partial charge >= 0.3 is 12.0 Å². The van der Waals surface area contributed by atoms with Gasteiger partial charge in [-0.2, -0.15) is 0 Å². The van der Waals surface area contributed by atoms with E-state index in [4.69, 9.17) is 25.8 Å². The van der Waals surface area contributed by atoms with Crippen molar-refractivity contribution in [1.82, 2.24) is 10.6 Å². The second kappa shape index (κ2) is 8.77. The van der Waals surface area contributed by atoms with E-state index in [1.807, 2.05) is 0 Å². The highest BCUT2D eigenvalue weighted by atomic mass is 35.5. The minimum Gasteiger partial charge on any atom is -0.493 e. The fraction of sp³-hybridized carbons (Fsp3) is 0.389. The summed E-state index contributed by atoms with van der Waals surface area (Å²) in [6, 6.07) is 1.74. The summed E-state index contributed by atoms with van der Waals surface area (Å²) in [6.07, 6.45) is 0. The Hall–Kier alpha value is -2.74. The number of carbonyl (C=O) groups excluding carboxylic acids is 3. The molecule has 1 fully saturated rings. The molecule has 2 amide bonds. The summed E-state index contributed by atoms with van der Waals surface area (Å²) < 4.78 is 15.8. The first-order valence-corrected chi connectivity index (χ1v) is 8.58. The highest BCUT2D eigenvalue weighted by Crippen LogP contribution is 2.42. The van der Waals surface area contributed by atoms with Gasteiger partial charge in [-0.15, -0.1) is 0 Å². The predicted octanol–water partition coefficient (Wildman–Crippen LogP) is 2.36. The Balaban J connectivity index is 2.50. The average Bonchev–Trinajstić information content (AvgIpc) is 2.58. The van der Waals surface area contributed by atoms with Gasteiger partial charge in [0.05, 0.1) is 25.7 Å². The molecule has 2 rings (SSSR count). The molecular formula is C18H21ClN2O6. The number of esters is 1. The Labute approximate surface area is 161 Å². The van der Waals surface area contributed by atoms with Crippen LogP contribution in [-0.2, 0) is 14.3 Å². The van der Waals surface area contributed by atoms with Crippen molar-refractivity contribution in [3.8, 4) is 11.5 Å². The third-order valence-electron chi connectivity index (χ3n) is 3.95. The highest BCUT2D eigenvalue weighted by Gasteiger charge is 2.38. The maximum Gasteiger partial charge on any atom is 0.344 e. The van der Waals surface area contributed by atoms with Gasteiger partial charge in [0.25, 0.3) is 0 Å². The van der Waals surface area contributed by atoms with Crippen molar-refractivity contribution in [2.24, 2.45) is 5.92 Å². The molecule has 0 spiro atoms. The fourth-order valence-corrected chi connectivity index (χ4v) is 3.10. The van der Waals surface area contributed by atoms with Crippen LogP contribution in [0.5, 0.6) is 11.5 Å². The van der Waals surface area contributed by atoms with Crippen molar-refractivity contribution in [2.45, 2.75) is 19.9 Å². The first-order valence-electron chi connectivity index (χ1n) is 8.21. The molecule has 146 valence electrons. The van der Waals surface area contributed by atoms with E-state index in [2.05, 4.69) is 17.2 Å². The van der Waals surface area contributed by atoms with E-state index in [-0.39, 0.29) is 36.2 Å². The lowest BCUT2D eigenvalue weighted by atomic mass is 9.85. The molecule has 2 N–H and O–H groups in total. The van der Waals surface area contributed by atoms with Gasteiger partial charge in [0.15, 0.2) is 18.1 Å². The molecule has 0 aliphatic carbocycles. The molecule has 1 aliphatic heterocycles. The van der Waals surface area contributed by atoms with E-state index in [1.165, 1.54) is 20.1 Å². The number of hydrogen-bond acceptors (Lipinski definition) is 6. The number of hydrogen-bond donors (Lipinski definition) is 2. The zero-order valence-corrected chi connectivity index (χ0v) is 16.0. The van der Waals surface area contributed by atoms with Gasteiger partial charge in [0, 0.05) is 22.3 Å². The molecule has 0 saturated carbocycles. The minimum absolute atomic E-state index is 0.182. The maximum atomic E-state index is 12.2. The normalized spacial score (nSPS) is 19.0. The molecule has 0 bridgehead atoms. The van der Waals surface area contributed by atoms with Crippen LogP contribution in [0, 0.1) is 5.92 Å². The lowest BCUT2D eigenvalue weighted by Gasteiger charge is -2.34. The quantitative estimate of drug-likeness (QED) is 0.686. The van der Waals surface area contributed by atoms with Crippen LogP contribution in [-0.4, -0.2) is 38.1 Å². The van der Waals surface area contributed by atoms with E-state index < -0.39 is 24.0 Å². The van der Waals surface area contributed by atoms with Gasteiger partial charge in [-0.05, 0) is 19.9 Å². The number of methoxy groups -OCH3 is 1. The van der Waals surface area contributed by atoms with E-state index in [0.29, 0.717) is 10.6 Å². The molecule has 0 unspecified atom stereocenters. The number of ether oxygens (including phenoxy) is 3. The van der Waals surface area contributed by atoms with Crippen molar-refractivity contribution in [3.63, 3.8) is 0 Å². The van der Waals surface area contributed by atoms with Crippen LogP contribution in [0.3, 0.4) is 0 Å². The molecule has 0 radical (unpaired) electrons. The van der Waals surface area contributed by atoms with Crippen LogP contribution < -0.4 is 20.1 Å². The Morgan fingerprint density at radius 3 is 2.63 bits per heavy atom. The summed E-state index contributed by atoms with van der Waals surface area (Å²) in [5, 5.41) is 5.49. The summed E-state index contributed by atoms with van der Waals surface area (Å²) >= 11 is 6.17. The van der Waals surface area contributed by atoms with Crippen LogP contribution in [0.2, 0.25) is 5.02 Å². The third kappa shape index (κ3) is 4.71. The minimum atomic E-state index is -0.798. The molecule has 8 nitrogen and oxygen atoms in total. The summed E-state index contributed by atoms with van der Waals surface area (Å²) in [7, 11) is 1.41. The second-order valence-corrected chi connectivity index (χ2v) is 6.25. The monoisotopic (exact) mass is 396 g/mol. The van der Waals surface area contributed by atoms with Gasteiger partial charge < -0.3 is 24.8 Å². The van der Waals surface area contributed by atoms with E-state index in [9.17, 15) is 14.4 Å². The average molecular weight is 397 g/mol. The molecule has 1 aromatic rings. The molecule has 1 aromatic carbocycles. The third-order valence-corrected chi connectivity index (χ3v) is 4.17. The largest absolute Gasteiger partial charge is 0.493 e. The molecule has 9 heteroatoms. The molecular weight excluding hydrogens is 376 g/mol. The smallest absolute Gasteiger partial charge is 0.344 e. The summed E-state index contributed by atoms with van der Waals surface area (Å²) in [4.78, 5) is 35.8. The van der Waals surface area contributed by atoms with Crippen molar-refractivity contribution in [1.29, 1.82) is 0 Å². The van der Waals surface area contributed by atoms with E-state index >= 15 is 0 Å². The van der Waals surface area contributed by atoms with Crippen LogP contribution in [0.25, 0.3) is 0 Å². The predicted molar refractivity (Wildman–Crippen MR) is 97.9 cm³/mol. The number of halogens is 1. The second-order valence-electron chi connectivity index (χ2n) is 5.81. The van der Waals surface area contributed by atoms with E-state index in [0.717, 1.165) is 0 Å². The zero-order chi connectivity index (χ0) is 20.1. The van der Waals surface area contributed by atoms with Crippen molar-refractivity contribution >= 4 is 29.4 Å². The molecule has 0 aromatic heterocycles. The Morgan fingerprint density at radius 1 is 1.33 bits per heavy atom. The topological polar surface area (TPSA) is 103 Å². The Kier molecular flexibility index (Phi) is 6.68. The fourth-order valence-electron chi connectivity index (χ4n) is 2.88. The first kappa shape index (κ1) is 20.6. The van der Waals surface area contributed by atoms with E-state index in [1.54, 1.807) is 13.0 Å². The summed E-state index contributed by atoms with van der Waals surface area (Å²) in [6.45, 7) is 6.68. The summed E-state index contributed by atoms with van der Waals surface area (Å²) in [5.41, 5.74) is 0.645. The van der Waals surface area contributed by atoms with Crippen LogP contribution in [0.1, 0.15) is 25.5 Å². The van der Waals surface area contributed by atoms with Crippen molar-refractivity contribution in [2.75, 3.05) is 20.3 Å². The number of ketones is 1. The first-order chi connectivity index (χ1) is 12.8. The number of Topliss-reactive ketones (excluding diaryl/α,β-unsaturated/α-hetero) is 1. The Bertz CT molecular complexity index is 779. The highest BCUT2D eigenvalue weighted by molar-refractivity contribution is 6.30. The SMILES string of the molecule is C=C1NC(=O)N[C@H](c2cc(Cl)cc(OC)c2OCC(=O)OCC)[C@H]1C(C)=O. The van der Waals surface area contributed by atoms with Crippen molar-refractivity contribution in [3.05, 3.63) is 35.0 Å². The van der Waals surface area contributed by atoms with Gasteiger partial charge in [-0.3, -0.25) is 4.79 Å². The molecule has 1 aliphatic rings. The number of amides is 2. The lowest BCUT2D eigenvalue weighted by molar-refractivity contribution is -0.145. The number of rotatable bonds is 7. The van der Waals surface area contributed by atoms with Gasteiger partial charge in [-0.25, -0.2) is 9.59 Å². The number of nitrogens with one attached hydrogen (secondary N) is 2. The van der Waals surface area contributed by atoms with Gasteiger partial charge in [-0.1, -0.05) is 18.2 Å². The zero-order valence-electron chi connectivity index (χ0n) is 15.3. The number of benzene rings is 1. The molecule has 27 heavy (non-hydrogen) atoms. The molecule has 2 atom stereocenters. The summed E-state index contributed by atoms with van der Waals surface area (Å²) in [5.74, 6) is -1.10. The number of carbonyl (C=O) groups is 3. The Morgan fingerprint density at radius 2 is 2.04 bits per heavy atom. The van der Waals surface area contributed by atoms with Gasteiger partial charge in [0.1, 0.15) is 5.78 Å².